The highest BCUT2D eigenvalue weighted by Crippen LogP contribution is 2.21. The van der Waals surface area contributed by atoms with Gasteiger partial charge < -0.3 is 10.1 Å². The highest BCUT2D eigenvalue weighted by molar-refractivity contribution is 5.19. The highest BCUT2D eigenvalue weighted by atomic mass is 19.1. The molecule has 2 nitrogen and oxygen atoms in total. The van der Waals surface area contributed by atoms with Crippen molar-refractivity contribution in [1.82, 2.24) is 5.32 Å². The summed E-state index contributed by atoms with van der Waals surface area (Å²) in [6.45, 7) is 11.3. The fraction of sp³-hybridized carbons (Fsp3) is 0.625. The molecule has 0 aliphatic carbocycles. The Bertz CT molecular complexity index is 369. The largest absolute Gasteiger partial charge is 0.369 e. The van der Waals surface area contributed by atoms with Gasteiger partial charge in [0.2, 0.25) is 0 Å². The standard InChI is InChI=1S/C16H26FNO/c1-6-12(2)19-15(11-18-16(3,4)5)13-7-9-14(17)10-8-13/h7-10,12,15,18H,6,11H2,1-5H3. The lowest BCUT2D eigenvalue weighted by Gasteiger charge is -2.27. The number of ether oxygens (including phenoxy) is 1. The van der Waals surface area contributed by atoms with E-state index in [4.69, 9.17) is 4.74 Å². The molecular formula is C16H26FNO. The molecule has 0 aliphatic heterocycles. The van der Waals surface area contributed by atoms with Crippen molar-refractivity contribution in [3.63, 3.8) is 0 Å². The first-order valence-electron chi connectivity index (χ1n) is 6.97. The van der Waals surface area contributed by atoms with Crippen molar-refractivity contribution < 1.29 is 9.13 Å². The summed E-state index contributed by atoms with van der Waals surface area (Å²) in [6.07, 6.45) is 1.11. The van der Waals surface area contributed by atoms with Gasteiger partial charge in [0.05, 0.1) is 12.2 Å². The van der Waals surface area contributed by atoms with Gasteiger partial charge in [-0.15, -0.1) is 0 Å². The minimum atomic E-state index is -0.213. The molecule has 2 atom stereocenters. The zero-order valence-electron chi connectivity index (χ0n) is 12.7. The van der Waals surface area contributed by atoms with Gasteiger partial charge in [-0.3, -0.25) is 0 Å². The van der Waals surface area contributed by atoms with Crippen molar-refractivity contribution in [2.24, 2.45) is 0 Å². The third-order valence-corrected chi connectivity index (χ3v) is 3.03. The van der Waals surface area contributed by atoms with Gasteiger partial charge in [-0.1, -0.05) is 19.1 Å². The lowest BCUT2D eigenvalue weighted by Crippen LogP contribution is -2.39. The van der Waals surface area contributed by atoms with Crippen LogP contribution in [0.5, 0.6) is 0 Å². The van der Waals surface area contributed by atoms with E-state index in [0.29, 0.717) is 0 Å². The van der Waals surface area contributed by atoms with Gasteiger partial charge in [-0.25, -0.2) is 4.39 Å². The Morgan fingerprint density at radius 2 is 1.79 bits per heavy atom. The monoisotopic (exact) mass is 267 g/mol. The topological polar surface area (TPSA) is 21.3 Å². The van der Waals surface area contributed by atoms with Crippen molar-refractivity contribution in [1.29, 1.82) is 0 Å². The predicted octanol–water partition coefficient (Wildman–Crippen LogP) is 4.07. The molecule has 0 aliphatic rings. The summed E-state index contributed by atoms with van der Waals surface area (Å²) in [4.78, 5) is 0. The van der Waals surface area contributed by atoms with Crippen LogP contribution in [0, 0.1) is 5.82 Å². The van der Waals surface area contributed by atoms with E-state index in [9.17, 15) is 4.39 Å². The molecule has 3 heteroatoms. The van der Waals surface area contributed by atoms with Gasteiger partial charge in [-0.2, -0.15) is 0 Å². The smallest absolute Gasteiger partial charge is 0.123 e. The molecule has 108 valence electrons. The van der Waals surface area contributed by atoms with Gasteiger partial charge in [0, 0.05) is 12.1 Å². The summed E-state index contributed by atoms with van der Waals surface area (Å²) in [5.41, 5.74) is 1.05. The van der Waals surface area contributed by atoms with E-state index in [1.807, 2.05) is 0 Å². The second kappa shape index (κ2) is 7.01. The predicted molar refractivity (Wildman–Crippen MR) is 77.7 cm³/mol. The molecule has 0 bridgehead atoms. The van der Waals surface area contributed by atoms with Gasteiger partial charge in [0.25, 0.3) is 0 Å². The molecule has 0 saturated carbocycles. The first-order valence-corrected chi connectivity index (χ1v) is 6.97. The fourth-order valence-corrected chi connectivity index (χ4v) is 1.70. The molecule has 19 heavy (non-hydrogen) atoms. The molecule has 0 radical (unpaired) electrons. The van der Waals surface area contributed by atoms with Gasteiger partial charge >= 0.3 is 0 Å². The third-order valence-electron chi connectivity index (χ3n) is 3.03. The van der Waals surface area contributed by atoms with Crippen LogP contribution >= 0.6 is 0 Å². The van der Waals surface area contributed by atoms with E-state index in [0.717, 1.165) is 18.5 Å². The summed E-state index contributed by atoms with van der Waals surface area (Å²) in [5, 5.41) is 3.45. The molecule has 1 aromatic carbocycles. The summed E-state index contributed by atoms with van der Waals surface area (Å²) in [5.74, 6) is -0.213. The molecule has 0 heterocycles. The summed E-state index contributed by atoms with van der Waals surface area (Å²) >= 11 is 0. The van der Waals surface area contributed by atoms with E-state index >= 15 is 0 Å². The highest BCUT2D eigenvalue weighted by Gasteiger charge is 2.18. The first kappa shape index (κ1) is 16.1. The van der Waals surface area contributed by atoms with Crippen LogP contribution in [0.1, 0.15) is 52.7 Å². The molecule has 0 saturated heterocycles. The average Bonchev–Trinajstić information content (AvgIpc) is 2.34. The molecule has 0 aromatic heterocycles. The first-order chi connectivity index (χ1) is 8.81. The van der Waals surface area contributed by atoms with E-state index in [2.05, 4.69) is 39.9 Å². The van der Waals surface area contributed by atoms with Crippen LogP contribution in [0.2, 0.25) is 0 Å². The number of nitrogens with one attached hydrogen (secondary N) is 1. The number of hydrogen-bond donors (Lipinski definition) is 1. The lowest BCUT2D eigenvalue weighted by molar-refractivity contribution is -0.00732. The van der Waals surface area contributed by atoms with Crippen LogP contribution < -0.4 is 5.32 Å². The average molecular weight is 267 g/mol. The van der Waals surface area contributed by atoms with E-state index in [1.54, 1.807) is 12.1 Å². The Kier molecular flexibility index (Phi) is 5.95. The number of rotatable bonds is 6. The summed E-state index contributed by atoms with van der Waals surface area (Å²) in [7, 11) is 0. The molecule has 1 N–H and O–H groups in total. The van der Waals surface area contributed by atoms with Crippen LogP contribution in [-0.4, -0.2) is 18.2 Å². The van der Waals surface area contributed by atoms with Crippen molar-refractivity contribution in [2.45, 2.75) is 58.8 Å². The summed E-state index contributed by atoms with van der Waals surface area (Å²) in [6, 6.07) is 6.57. The normalized spacial score (nSPS) is 15.3. The van der Waals surface area contributed by atoms with E-state index < -0.39 is 0 Å². The van der Waals surface area contributed by atoms with Crippen molar-refractivity contribution in [2.75, 3.05) is 6.54 Å². The second-order valence-electron chi connectivity index (χ2n) is 6.03. The van der Waals surface area contributed by atoms with Crippen LogP contribution in [0.4, 0.5) is 4.39 Å². The Labute approximate surface area is 116 Å². The van der Waals surface area contributed by atoms with Crippen LogP contribution in [0.3, 0.4) is 0 Å². The second-order valence-corrected chi connectivity index (χ2v) is 6.03. The number of hydrogen-bond acceptors (Lipinski definition) is 2. The zero-order valence-corrected chi connectivity index (χ0v) is 12.7. The van der Waals surface area contributed by atoms with Gasteiger partial charge in [0.1, 0.15) is 5.82 Å². The van der Waals surface area contributed by atoms with Gasteiger partial charge in [0.15, 0.2) is 0 Å². The Balaban J connectivity index is 2.76. The Morgan fingerprint density at radius 1 is 1.21 bits per heavy atom. The molecule has 2 unspecified atom stereocenters. The lowest BCUT2D eigenvalue weighted by atomic mass is 10.1. The summed E-state index contributed by atoms with van der Waals surface area (Å²) < 4.78 is 19.0. The fourth-order valence-electron chi connectivity index (χ4n) is 1.70. The number of halogens is 1. The van der Waals surface area contributed by atoms with E-state index in [1.165, 1.54) is 12.1 Å². The Hall–Kier alpha value is -0.930. The maximum absolute atomic E-state index is 13.0. The molecule has 0 spiro atoms. The van der Waals surface area contributed by atoms with Crippen molar-refractivity contribution in [3.05, 3.63) is 35.6 Å². The van der Waals surface area contributed by atoms with Crippen LogP contribution in [-0.2, 0) is 4.74 Å². The van der Waals surface area contributed by atoms with Crippen molar-refractivity contribution in [3.8, 4) is 0 Å². The maximum atomic E-state index is 13.0. The van der Waals surface area contributed by atoms with Crippen LogP contribution in [0.15, 0.2) is 24.3 Å². The third kappa shape index (κ3) is 6.17. The molecular weight excluding hydrogens is 241 g/mol. The zero-order chi connectivity index (χ0) is 14.5. The van der Waals surface area contributed by atoms with E-state index in [-0.39, 0.29) is 23.6 Å². The van der Waals surface area contributed by atoms with Crippen LogP contribution in [0.25, 0.3) is 0 Å². The SMILES string of the molecule is CCC(C)OC(CNC(C)(C)C)c1ccc(F)cc1. The molecule has 1 aromatic rings. The molecule has 0 fully saturated rings. The quantitative estimate of drug-likeness (QED) is 0.839. The molecule has 0 amide bonds. The molecule has 1 rings (SSSR count). The minimum Gasteiger partial charge on any atom is -0.369 e. The maximum Gasteiger partial charge on any atom is 0.123 e. The van der Waals surface area contributed by atoms with Crippen molar-refractivity contribution >= 4 is 0 Å². The Morgan fingerprint density at radius 3 is 2.26 bits per heavy atom. The van der Waals surface area contributed by atoms with Gasteiger partial charge in [-0.05, 0) is 51.8 Å². The number of benzene rings is 1. The minimum absolute atomic E-state index is 0.0388.